The molecule has 0 aliphatic carbocycles. The van der Waals surface area contributed by atoms with Gasteiger partial charge in [0.1, 0.15) is 0 Å². The number of benzene rings is 1. The highest BCUT2D eigenvalue weighted by atomic mass is 32.2. The van der Waals surface area contributed by atoms with Gasteiger partial charge >= 0.3 is 0 Å². The quantitative estimate of drug-likeness (QED) is 0.669. The van der Waals surface area contributed by atoms with E-state index in [-0.39, 0.29) is 22.7 Å². The molecular weight excluding hydrogens is 268 g/mol. The summed E-state index contributed by atoms with van der Waals surface area (Å²) < 4.78 is 22.9. The lowest BCUT2D eigenvalue weighted by molar-refractivity contribution is 0.0913. The van der Waals surface area contributed by atoms with E-state index in [1.807, 2.05) is 0 Å². The molecule has 0 spiro atoms. The van der Waals surface area contributed by atoms with Crippen molar-refractivity contribution < 1.29 is 18.3 Å². The Labute approximate surface area is 112 Å². The molecule has 4 N–H and O–H groups in total. The lowest BCUT2D eigenvalue weighted by Gasteiger charge is -2.10. The van der Waals surface area contributed by atoms with E-state index in [1.54, 1.807) is 6.92 Å². The average Bonchev–Trinajstić information content (AvgIpc) is 2.33. The molecule has 1 atom stereocenters. The van der Waals surface area contributed by atoms with Gasteiger partial charge in [-0.15, -0.1) is 0 Å². The van der Waals surface area contributed by atoms with Gasteiger partial charge in [0.05, 0.1) is 11.0 Å². The van der Waals surface area contributed by atoms with E-state index < -0.39 is 21.8 Å². The van der Waals surface area contributed by atoms with Gasteiger partial charge in [0.15, 0.2) is 9.84 Å². The first-order valence-corrected chi connectivity index (χ1v) is 7.70. The standard InChI is InChI=1S/C12H18N2O4S/c1-3-10(15)7-14-12(16)8-4-9(13)6-11(5-8)19(2,17)18/h4-6,10,15H,3,7,13H2,1-2H3,(H,14,16). The highest BCUT2D eigenvalue weighted by Gasteiger charge is 2.14. The van der Waals surface area contributed by atoms with E-state index in [9.17, 15) is 18.3 Å². The van der Waals surface area contributed by atoms with Crippen molar-refractivity contribution in [3.8, 4) is 0 Å². The molecule has 7 heteroatoms. The number of amides is 1. The van der Waals surface area contributed by atoms with Crippen molar-refractivity contribution in [1.29, 1.82) is 0 Å². The number of nitrogens with one attached hydrogen (secondary N) is 1. The minimum absolute atomic E-state index is 0.00584. The Kier molecular flexibility index (Phi) is 4.90. The normalized spacial score (nSPS) is 13.0. The number of sulfone groups is 1. The minimum Gasteiger partial charge on any atom is -0.399 e. The van der Waals surface area contributed by atoms with E-state index in [0.717, 1.165) is 6.26 Å². The molecule has 0 aliphatic rings. The monoisotopic (exact) mass is 286 g/mol. The summed E-state index contributed by atoms with van der Waals surface area (Å²) in [5, 5.41) is 11.9. The third-order valence-corrected chi connectivity index (χ3v) is 3.68. The van der Waals surface area contributed by atoms with Gasteiger partial charge in [0, 0.05) is 24.1 Å². The molecule has 0 saturated carbocycles. The molecule has 1 rings (SSSR count). The van der Waals surface area contributed by atoms with Crippen LogP contribution in [0.25, 0.3) is 0 Å². The van der Waals surface area contributed by atoms with E-state index in [2.05, 4.69) is 5.32 Å². The maximum absolute atomic E-state index is 11.8. The first-order valence-electron chi connectivity index (χ1n) is 5.81. The summed E-state index contributed by atoms with van der Waals surface area (Å²) in [6.07, 6.45) is 0.940. The second-order valence-electron chi connectivity index (χ2n) is 4.33. The van der Waals surface area contributed by atoms with Crippen molar-refractivity contribution in [2.45, 2.75) is 24.3 Å². The molecule has 0 fully saturated rings. The van der Waals surface area contributed by atoms with Crippen molar-refractivity contribution in [3.63, 3.8) is 0 Å². The van der Waals surface area contributed by atoms with Gasteiger partial charge in [-0.25, -0.2) is 8.42 Å². The zero-order valence-corrected chi connectivity index (χ0v) is 11.7. The van der Waals surface area contributed by atoms with Crippen LogP contribution in [0.15, 0.2) is 23.1 Å². The van der Waals surface area contributed by atoms with E-state index in [0.29, 0.717) is 6.42 Å². The van der Waals surface area contributed by atoms with Crippen molar-refractivity contribution >= 4 is 21.4 Å². The molecule has 106 valence electrons. The number of nitrogens with two attached hydrogens (primary N) is 1. The Balaban J connectivity index is 2.95. The van der Waals surface area contributed by atoms with Gasteiger partial charge < -0.3 is 16.2 Å². The van der Waals surface area contributed by atoms with Gasteiger partial charge in [-0.3, -0.25) is 4.79 Å². The predicted molar refractivity (Wildman–Crippen MR) is 72.6 cm³/mol. The van der Waals surface area contributed by atoms with Gasteiger partial charge in [0.25, 0.3) is 5.91 Å². The fourth-order valence-electron chi connectivity index (χ4n) is 1.42. The SMILES string of the molecule is CCC(O)CNC(=O)c1cc(N)cc(S(C)(=O)=O)c1. The maximum atomic E-state index is 11.8. The Morgan fingerprint density at radius 3 is 2.58 bits per heavy atom. The number of carbonyl (C=O) groups excluding carboxylic acids is 1. The molecule has 1 aromatic carbocycles. The molecule has 1 unspecified atom stereocenters. The van der Waals surface area contributed by atoms with Crippen LogP contribution in [0, 0.1) is 0 Å². The lowest BCUT2D eigenvalue weighted by atomic mass is 10.2. The van der Waals surface area contributed by atoms with E-state index in [1.165, 1.54) is 18.2 Å². The molecule has 0 bridgehead atoms. The van der Waals surface area contributed by atoms with Gasteiger partial charge in [-0.1, -0.05) is 6.92 Å². The number of carbonyl (C=O) groups is 1. The molecule has 1 amide bonds. The Morgan fingerprint density at radius 1 is 1.42 bits per heavy atom. The molecule has 6 nitrogen and oxygen atoms in total. The van der Waals surface area contributed by atoms with Gasteiger partial charge in [-0.2, -0.15) is 0 Å². The summed E-state index contributed by atoms with van der Waals surface area (Å²) in [6.45, 7) is 1.90. The number of rotatable bonds is 5. The molecule has 0 aliphatic heterocycles. The van der Waals surface area contributed by atoms with Gasteiger partial charge in [0.2, 0.25) is 0 Å². The molecule has 1 aromatic rings. The molecule has 19 heavy (non-hydrogen) atoms. The fraction of sp³-hybridized carbons (Fsp3) is 0.417. The highest BCUT2D eigenvalue weighted by Crippen LogP contribution is 2.16. The van der Waals surface area contributed by atoms with E-state index >= 15 is 0 Å². The minimum atomic E-state index is -3.43. The number of hydrogen-bond acceptors (Lipinski definition) is 5. The maximum Gasteiger partial charge on any atom is 0.251 e. The third kappa shape index (κ3) is 4.53. The number of aliphatic hydroxyl groups is 1. The molecule has 0 aromatic heterocycles. The van der Waals surface area contributed by atoms with Crippen LogP contribution in [0.1, 0.15) is 23.7 Å². The Bertz CT molecular complexity index is 569. The third-order valence-electron chi connectivity index (χ3n) is 2.59. The topological polar surface area (TPSA) is 109 Å². The molecule has 0 radical (unpaired) electrons. The van der Waals surface area contributed by atoms with Crippen LogP contribution < -0.4 is 11.1 Å². The van der Waals surface area contributed by atoms with Crippen molar-refractivity contribution in [3.05, 3.63) is 23.8 Å². The highest BCUT2D eigenvalue weighted by molar-refractivity contribution is 7.90. The Morgan fingerprint density at radius 2 is 2.05 bits per heavy atom. The molecule has 0 heterocycles. The van der Waals surface area contributed by atoms with Crippen LogP contribution in [-0.2, 0) is 9.84 Å². The van der Waals surface area contributed by atoms with Crippen molar-refractivity contribution in [2.24, 2.45) is 0 Å². The summed E-state index contributed by atoms with van der Waals surface area (Å²) in [4.78, 5) is 11.8. The van der Waals surface area contributed by atoms with Crippen LogP contribution in [-0.4, -0.2) is 38.3 Å². The summed E-state index contributed by atoms with van der Waals surface area (Å²) >= 11 is 0. The number of anilines is 1. The van der Waals surface area contributed by atoms with Crippen LogP contribution in [0.3, 0.4) is 0 Å². The van der Waals surface area contributed by atoms with Crippen molar-refractivity contribution in [1.82, 2.24) is 5.32 Å². The zero-order valence-electron chi connectivity index (χ0n) is 10.9. The molecular formula is C12H18N2O4S. The zero-order chi connectivity index (χ0) is 14.6. The fourth-order valence-corrected chi connectivity index (χ4v) is 2.12. The number of hydrogen-bond donors (Lipinski definition) is 3. The summed E-state index contributed by atoms with van der Waals surface area (Å²) in [6, 6.07) is 3.95. The smallest absolute Gasteiger partial charge is 0.251 e. The number of nitrogen functional groups attached to an aromatic ring is 1. The molecule has 0 saturated heterocycles. The number of aliphatic hydroxyl groups excluding tert-OH is 1. The predicted octanol–water partition coefficient (Wildman–Crippen LogP) is 0.173. The van der Waals surface area contributed by atoms with Crippen LogP contribution in [0.4, 0.5) is 5.69 Å². The van der Waals surface area contributed by atoms with E-state index in [4.69, 9.17) is 5.73 Å². The van der Waals surface area contributed by atoms with Gasteiger partial charge in [-0.05, 0) is 24.6 Å². The largest absolute Gasteiger partial charge is 0.399 e. The average molecular weight is 286 g/mol. The van der Waals surface area contributed by atoms with Crippen LogP contribution in [0.2, 0.25) is 0 Å². The second-order valence-corrected chi connectivity index (χ2v) is 6.35. The van der Waals surface area contributed by atoms with Crippen LogP contribution >= 0.6 is 0 Å². The lowest BCUT2D eigenvalue weighted by Crippen LogP contribution is -2.31. The first kappa shape index (κ1) is 15.5. The first-order chi connectivity index (χ1) is 8.74. The summed E-state index contributed by atoms with van der Waals surface area (Å²) in [5.41, 5.74) is 5.94. The second kappa shape index (κ2) is 6.03. The Hall–Kier alpha value is -1.60. The van der Waals surface area contributed by atoms with Crippen LogP contribution in [0.5, 0.6) is 0 Å². The summed E-state index contributed by atoms with van der Waals surface area (Å²) in [5.74, 6) is -0.468. The van der Waals surface area contributed by atoms with Crippen molar-refractivity contribution in [2.75, 3.05) is 18.5 Å². The summed E-state index contributed by atoms with van der Waals surface area (Å²) in [7, 11) is -3.43.